The Kier molecular flexibility index (Phi) is 53.4. The van der Waals surface area contributed by atoms with Gasteiger partial charge in [-0.15, -0.1) is 0 Å². The summed E-state index contributed by atoms with van der Waals surface area (Å²) in [6.45, 7) is 6.99. The third kappa shape index (κ3) is 56.2. The van der Waals surface area contributed by atoms with Gasteiger partial charge >= 0.3 is 13.8 Å². The molecular formula is C65H122N2O7P+. The first-order valence-electron chi connectivity index (χ1n) is 31.6. The minimum absolute atomic E-state index is 0.0370. The number of likely N-dealkylation sites (N-methyl/N-ethyl adjacent to an activating group) is 1. The average molecular weight is 1070 g/mol. The van der Waals surface area contributed by atoms with Crippen LogP contribution >= 0.6 is 7.82 Å². The number of unbranched alkanes of at least 4 members (excludes halogenated alkanes) is 33. The van der Waals surface area contributed by atoms with Crippen LogP contribution in [0, 0.1) is 0 Å². The number of ether oxygens (including phenoxy) is 1. The molecule has 438 valence electrons. The topological polar surface area (TPSA) is 111 Å². The molecule has 0 saturated carbocycles. The largest absolute Gasteiger partial charge is 0.472 e. The molecule has 0 heterocycles. The van der Waals surface area contributed by atoms with Crippen LogP contribution in [0.25, 0.3) is 0 Å². The van der Waals surface area contributed by atoms with Crippen molar-refractivity contribution in [3.8, 4) is 0 Å². The summed E-state index contributed by atoms with van der Waals surface area (Å²) in [4.78, 5) is 37.7. The Balaban J connectivity index is 5.27. The van der Waals surface area contributed by atoms with E-state index in [1.165, 1.54) is 161 Å². The molecule has 0 bridgehead atoms. The Morgan fingerprint density at radius 2 is 0.813 bits per heavy atom. The van der Waals surface area contributed by atoms with Gasteiger partial charge in [0.25, 0.3) is 0 Å². The number of hydrogen-bond donors (Lipinski definition) is 2. The summed E-state index contributed by atoms with van der Waals surface area (Å²) in [5.41, 5.74) is 0. The number of carbonyl (C=O) groups is 2. The van der Waals surface area contributed by atoms with Crippen LogP contribution in [0.2, 0.25) is 0 Å². The predicted octanol–water partition coefficient (Wildman–Crippen LogP) is 19.4. The molecule has 0 aliphatic rings. The highest BCUT2D eigenvalue weighted by Gasteiger charge is 2.30. The van der Waals surface area contributed by atoms with Crippen molar-refractivity contribution in [3.63, 3.8) is 0 Å². The molecule has 3 atom stereocenters. The fourth-order valence-electron chi connectivity index (χ4n) is 9.04. The molecule has 0 aromatic heterocycles. The fourth-order valence-corrected chi connectivity index (χ4v) is 9.78. The average Bonchev–Trinajstić information content (AvgIpc) is 3.37. The summed E-state index contributed by atoms with van der Waals surface area (Å²) in [5.74, 6) is -0.518. The third-order valence-corrected chi connectivity index (χ3v) is 14.9. The molecule has 0 rings (SSSR count). The van der Waals surface area contributed by atoms with Crippen LogP contribution in [0.3, 0.4) is 0 Å². The van der Waals surface area contributed by atoms with Gasteiger partial charge in [0.1, 0.15) is 19.3 Å². The van der Waals surface area contributed by atoms with Crippen LogP contribution in [0.1, 0.15) is 290 Å². The molecule has 0 aromatic carbocycles. The summed E-state index contributed by atoms with van der Waals surface area (Å²) in [7, 11) is 1.49. The smallest absolute Gasteiger partial charge is 0.456 e. The van der Waals surface area contributed by atoms with Crippen LogP contribution in [-0.2, 0) is 27.9 Å². The molecule has 0 saturated heterocycles. The van der Waals surface area contributed by atoms with Crippen LogP contribution in [0.15, 0.2) is 60.8 Å². The van der Waals surface area contributed by atoms with Crippen LogP contribution in [-0.4, -0.2) is 74.3 Å². The Bertz CT molecular complexity index is 1470. The zero-order valence-corrected chi connectivity index (χ0v) is 50.9. The molecule has 0 spiro atoms. The summed E-state index contributed by atoms with van der Waals surface area (Å²) < 4.78 is 30.7. The molecule has 0 aromatic rings. The van der Waals surface area contributed by atoms with E-state index in [2.05, 4.69) is 74.7 Å². The van der Waals surface area contributed by atoms with Gasteiger partial charge in [0.2, 0.25) is 5.91 Å². The molecule has 1 amide bonds. The van der Waals surface area contributed by atoms with E-state index in [9.17, 15) is 19.0 Å². The van der Waals surface area contributed by atoms with Gasteiger partial charge in [-0.2, -0.15) is 0 Å². The maximum absolute atomic E-state index is 13.5. The summed E-state index contributed by atoms with van der Waals surface area (Å²) >= 11 is 0. The Morgan fingerprint density at radius 3 is 1.24 bits per heavy atom. The number of amides is 1. The van der Waals surface area contributed by atoms with Crippen LogP contribution in [0.4, 0.5) is 0 Å². The van der Waals surface area contributed by atoms with Gasteiger partial charge in [0.15, 0.2) is 0 Å². The number of phosphoric ester groups is 1. The lowest BCUT2D eigenvalue weighted by Gasteiger charge is -2.27. The van der Waals surface area contributed by atoms with Crippen molar-refractivity contribution in [1.29, 1.82) is 0 Å². The van der Waals surface area contributed by atoms with Gasteiger partial charge in [-0.1, -0.05) is 262 Å². The maximum Gasteiger partial charge on any atom is 0.472 e. The number of allylic oxidation sites excluding steroid dienone is 9. The highest BCUT2D eigenvalue weighted by molar-refractivity contribution is 7.47. The first-order valence-corrected chi connectivity index (χ1v) is 33.1. The first-order chi connectivity index (χ1) is 36.4. The molecule has 75 heavy (non-hydrogen) atoms. The quantitative estimate of drug-likeness (QED) is 0.0205. The van der Waals surface area contributed by atoms with Crippen molar-refractivity contribution in [3.05, 3.63) is 60.8 Å². The van der Waals surface area contributed by atoms with Gasteiger partial charge in [0.05, 0.1) is 33.8 Å². The number of carbonyl (C=O) groups excluding carboxylic acids is 2. The second kappa shape index (κ2) is 55.0. The molecule has 2 N–H and O–H groups in total. The highest BCUT2D eigenvalue weighted by Crippen LogP contribution is 2.43. The minimum Gasteiger partial charge on any atom is -0.456 e. The van der Waals surface area contributed by atoms with Crippen LogP contribution < -0.4 is 5.32 Å². The van der Waals surface area contributed by atoms with E-state index in [-0.39, 0.29) is 31.5 Å². The van der Waals surface area contributed by atoms with Gasteiger partial charge in [-0.25, -0.2) is 4.57 Å². The monoisotopic (exact) mass is 1070 g/mol. The van der Waals surface area contributed by atoms with Gasteiger partial charge in [-0.05, 0) is 76.7 Å². The molecular weight excluding hydrogens is 952 g/mol. The van der Waals surface area contributed by atoms with E-state index < -0.39 is 20.0 Å². The van der Waals surface area contributed by atoms with Crippen molar-refractivity contribution in [1.82, 2.24) is 5.32 Å². The molecule has 9 nitrogen and oxygen atoms in total. The number of nitrogens with zero attached hydrogens (tertiary/aromatic N) is 1. The Labute approximate surface area is 464 Å². The molecule has 10 heteroatoms. The Morgan fingerprint density at radius 1 is 0.467 bits per heavy atom. The number of phosphoric acid groups is 1. The third-order valence-electron chi connectivity index (χ3n) is 14.0. The lowest BCUT2D eigenvalue weighted by Crippen LogP contribution is -2.47. The zero-order chi connectivity index (χ0) is 55.0. The standard InChI is InChI=1S/C65H121N2O7P/c1-7-10-13-16-19-22-25-28-30-32-33-34-35-36-38-40-43-46-49-52-55-58-65(69)74-63(56-53-50-47-44-41-27-24-21-18-15-12-9-3)62(61-73-75(70,71)72-60-59-67(4,5)6)66-64(68)57-54-51-48-45-42-39-37-31-29-26-23-20-17-14-11-8-2/h19,22,28,30,33-34,36,38,53,56,62-63H,7-18,20-21,23-27,29,31-32,35,37,39-52,54-55,57-61H2,1-6H3,(H-,66,68,70,71)/p+1/b22-19-,30-28-,34-33-,38-36-,56-53+. The van der Waals surface area contributed by atoms with Crippen LogP contribution in [0.5, 0.6) is 0 Å². The summed E-state index contributed by atoms with van der Waals surface area (Å²) in [6.07, 6.45) is 69.2. The van der Waals surface area contributed by atoms with Crippen molar-refractivity contribution >= 4 is 19.7 Å². The van der Waals surface area contributed by atoms with E-state index >= 15 is 0 Å². The van der Waals surface area contributed by atoms with E-state index in [4.69, 9.17) is 13.8 Å². The van der Waals surface area contributed by atoms with Gasteiger partial charge in [-0.3, -0.25) is 18.6 Å². The highest BCUT2D eigenvalue weighted by atomic mass is 31.2. The number of hydrogen-bond acceptors (Lipinski definition) is 6. The van der Waals surface area contributed by atoms with E-state index in [0.717, 1.165) is 96.3 Å². The van der Waals surface area contributed by atoms with Gasteiger partial charge in [0, 0.05) is 12.8 Å². The number of nitrogens with one attached hydrogen (secondary N) is 1. The Hall–Kier alpha value is -2.29. The maximum atomic E-state index is 13.5. The van der Waals surface area contributed by atoms with E-state index in [1.807, 2.05) is 33.3 Å². The summed E-state index contributed by atoms with van der Waals surface area (Å²) in [5, 5.41) is 3.06. The SMILES string of the molecule is CCCCC/C=C\C/C=C\C/C=C\C/C=C\CCCCCCCC(=O)OC(/C=C/CCCCCCCCCCCC)C(COP(=O)(O)OCC[N+](C)(C)C)NC(=O)CCCCCCCCCCCCCCCCCC. The van der Waals surface area contributed by atoms with Crippen molar-refractivity contribution in [2.45, 2.75) is 303 Å². The van der Waals surface area contributed by atoms with Crippen molar-refractivity contribution < 1.29 is 37.3 Å². The minimum atomic E-state index is -4.45. The fraction of sp³-hybridized carbons (Fsp3) is 0.815. The normalized spacial score (nSPS) is 14.1. The predicted molar refractivity (Wildman–Crippen MR) is 323 cm³/mol. The first kappa shape index (κ1) is 72.7. The number of rotatable bonds is 57. The zero-order valence-electron chi connectivity index (χ0n) is 50.0. The molecule has 0 radical (unpaired) electrons. The number of esters is 1. The second-order valence-corrected chi connectivity index (χ2v) is 24.0. The lowest BCUT2D eigenvalue weighted by molar-refractivity contribution is -0.870. The second-order valence-electron chi connectivity index (χ2n) is 22.6. The molecule has 0 aliphatic carbocycles. The molecule has 0 fully saturated rings. The summed E-state index contributed by atoms with van der Waals surface area (Å²) in [6, 6.07) is -0.855. The van der Waals surface area contributed by atoms with E-state index in [1.54, 1.807) is 0 Å². The van der Waals surface area contributed by atoms with E-state index in [0.29, 0.717) is 17.4 Å². The van der Waals surface area contributed by atoms with Gasteiger partial charge < -0.3 is 19.4 Å². The lowest BCUT2D eigenvalue weighted by atomic mass is 10.0. The molecule has 0 aliphatic heterocycles. The van der Waals surface area contributed by atoms with Crippen molar-refractivity contribution in [2.24, 2.45) is 0 Å². The van der Waals surface area contributed by atoms with Crippen molar-refractivity contribution in [2.75, 3.05) is 40.9 Å². The molecule has 3 unspecified atom stereocenters. The number of quaternary nitrogens is 1.